The number of piperidine rings is 2. The molecule has 4 rings (SSSR count). The molecule has 0 unspecified atom stereocenters. The lowest BCUT2D eigenvalue weighted by atomic mass is 9.97. The number of benzene rings is 1. The van der Waals surface area contributed by atoms with Crippen LogP contribution in [0.1, 0.15) is 52.0 Å². The van der Waals surface area contributed by atoms with Crippen LogP contribution in [-0.2, 0) is 4.79 Å². The Kier molecular flexibility index (Phi) is 5.52. The van der Waals surface area contributed by atoms with Crippen LogP contribution in [0.25, 0.3) is 11.1 Å². The van der Waals surface area contributed by atoms with Gasteiger partial charge in [0.2, 0.25) is 5.91 Å². The van der Waals surface area contributed by atoms with E-state index in [9.17, 15) is 9.59 Å². The molecule has 0 spiro atoms. The van der Waals surface area contributed by atoms with Crippen molar-refractivity contribution in [3.8, 4) is 0 Å². The average molecular weight is 406 g/mol. The minimum atomic E-state index is -0.353. The van der Waals surface area contributed by atoms with Gasteiger partial charge in [-0.05, 0) is 70.7 Å². The zero-order valence-electron chi connectivity index (χ0n) is 16.6. The maximum absolute atomic E-state index is 13.0. The Morgan fingerprint density at radius 1 is 1.18 bits per heavy atom. The number of aromatic nitrogens is 1. The van der Waals surface area contributed by atoms with Gasteiger partial charge >= 0.3 is 5.76 Å². The molecule has 2 saturated heterocycles. The van der Waals surface area contributed by atoms with Gasteiger partial charge in [-0.25, -0.2) is 4.79 Å². The van der Waals surface area contributed by atoms with Crippen LogP contribution in [0.4, 0.5) is 0 Å². The van der Waals surface area contributed by atoms with E-state index in [1.54, 1.807) is 22.8 Å². The van der Waals surface area contributed by atoms with Crippen molar-refractivity contribution in [3.63, 3.8) is 0 Å². The van der Waals surface area contributed by atoms with E-state index in [0.29, 0.717) is 35.8 Å². The lowest BCUT2D eigenvalue weighted by Crippen LogP contribution is -2.52. The minimum absolute atomic E-state index is 0.00929. The van der Waals surface area contributed by atoms with Crippen LogP contribution in [-0.4, -0.2) is 52.0 Å². The maximum atomic E-state index is 13.0. The van der Waals surface area contributed by atoms with Gasteiger partial charge in [-0.3, -0.25) is 14.3 Å². The summed E-state index contributed by atoms with van der Waals surface area (Å²) in [7, 11) is 0. The molecule has 6 nitrogen and oxygen atoms in total. The molecule has 0 bridgehead atoms. The summed E-state index contributed by atoms with van der Waals surface area (Å²) in [6, 6.07) is 5.84. The molecule has 0 aliphatic carbocycles. The minimum Gasteiger partial charge on any atom is -0.408 e. The number of carbonyl (C=O) groups is 1. The summed E-state index contributed by atoms with van der Waals surface area (Å²) in [6.07, 6.45) is 5.19. The van der Waals surface area contributed by atoms with Gasteiger partial charge in [0.1, 0.15) is 0 Å². The van der Waals surface area contributed by atoms with Gasteiger partial charge in [0.25, 0.3) is 0 Å². The molecule has 2 aliphatic heterocycles. The molecule has 0 N–H and O–H groups in total. The third-order valence-electron chi connectivity index (χ3n) is 6.26. The van der Waals surface area contributed by atoms with E-state index in [4.69, 9.17) is 16.0 Å². The molecule has 0 radical (unpaired) electrons. The second-order valence-electron chi connectivity index (χ2n) is 8.31. The highest BCUT2D eigenvalue weighted by atomic mass is 35.5. The van der Waals surface area contributed by atoms with Crippen LogP contribution < -0.4 is 5.76 Å². The fraction of sp³-hybridized carbons (Fsp3) is 0.619. The number of fused-ring (bicyclic) bond motifs is 1. The SMILES string of the molecule is C[C@@H]1CCC[C@H](C)N1C(=O)CN1CCC[C@@H](n2c(=O)oc3ccc(Cl)cc32)C1. The molecule has 7 heteroatoms. The van der Waals surface area contributed by atoms with Crippen LogP contribution >= 0.6 is 11.6 Å². The van der Waals surface area contributed by atoms with Gasteiger partial charge in [0.05, 0.1) is 18.1 Å². The Hall–Kier alpha value is -1.79. The van der Waals surface area contributed by atoms with Gasteiger partial charge in [-0.15, -0.1) is 0 Å². The van der Waals surface area contributed by atoms with Crippen molar-refractivity contribution >= 4 is 28.6 Å². The molecule has 3 atom stereocenters. The largest absolute Gasteiger partial charge is 0.420 e. The van der Waals surface area contributed by atoms with E-state index < -0.39 is 0 Å². The zero-order valence-corrected chi connectivity index (χ0v) is 17.3. The summed E-state index contributed by atoms with van der Waals surface area (Å²) >= 11 is 6.13. The van der Waals surface area contributed by atoms with Crippen LogP contribution in [0.2, 0.25) is 5.02 Å². The molecular weight excluding hydrogens is 378 g/mol. The van der Waals surface area contributed by atoms with Crippen molar-refractivity contribution in [3.05, 3.63) is 33.8 Å². The Labute approximate surface area is 170 Å². The van der Waals surface area contributed by atoms with E-state index in [1.165, 1.54) is 6.42 Å². The quantitative estimate of drug-likeness (QED) is 0.781. The van der Waals surface area contributed by atoms with Crippen molar-refractivity contribution in [1.82, 2.24) is 14.4 Å². The third kappa shape index (κ3) is 3.72. The number of likely N-dealkylation sites (tertiary alicyclic amines) is 2. The fourth-order valence-electron chi connectivity index (χ4n) is 4.92. The van der Waals surface area contributed by atoms with Gasteiger partial charge < -0.3 is 9.32 Å². The monoisotopic (exact) mass is 405 g/mol. The number of carbonyl (C=O) groups excluding carboxylic acids is 1. The summed E-state index contributed by atoms with van der Waals surface area (Å²) in [4.78, 5) is 29.7. The van der Waals surface area contributed by atoms with Gasteiger partial charge in [0.15, 0.2) is 5.58 Å². The Balaban J connectivity index is 1.51. The first-order valence-corrected chi connectivity index (χ1v) is 10.7. The second kappa shape index (κ2) is 7.91. The van der Waals surface area contributed by atoms with Gasteiger partial charge in [-0.1, -0.05) is 11.6 Å². The van der Waals surface area contributed by atoms with Gasteiger partial charge in [0, 0.05) is 23.7 Å². The second-order valence-corrected chi connectivity index (χ2v) is 8.75. The number of nitrogens with zero attached hydrogens (tertiary/aromatic N) is 3. The van der Waals surface area contributed by atoms with Crippen LogP contribution in [0.15, 0.2) is 27.4 Å². The number of rotatable bonds is 3. The molecule has 2 aliphatic rings. The molecule has 1 aromatic heterocycles. The smallest absolute Gasteiger partial charge is 0.408 e. The van der Waals surface area contributed by atoms with Crippen molar-refractivity contribution in [2.24, 2.45) is 0 Å². The molecule has 0 saturated carbocycles. The highest BCUT2D eigenvalue weighted by Gasteiger charge is 2.32. The lowest BCUT2D eigenvalue weighted by molar-refractivity contribution is -0.138. The predicted octanol–water partition coefficient (Wildman–Crippen LogP) is 3.67. The first kappa shape index (κ1) is 19.5. The summed E-state index contributed by atoms with van der Waals surface area (Å²) in [5, 5.41) is 0.581. The highest BCUT2D eigenvalue weighted by Crippen LogP contribution is 2.27. The summed E-state index contributed by atoms with van der Waals surface area (Å²) < 4.78 is 7.11. The number of halogens is 1. The first-order chi connectivity index (χ1) is 13.4. The van der Waals surface area contributed by atoms with Crippen molar-refractivity contribution in [2.75, 3.05) is 19.6 Å². The lowest BCUT2D eigenvalue weighted by Gasteiger charge is -2.41. The molecule has 28 heavy (non-hydrogen) atoms. The predicted molar refractivity (Wildman–Crippen MR) is 110 cm³/mol. The fourth-order valence-corrected chi connectivity index (χ4v) is 5.09. The molecular formula is C21H28ClN3O3. The van der Waals surface area contributed by atoms with Crippen LogP contribution in [0, 0.1) is 0 Å². The third-order valence-corrected chi connectivity index (χ3v) is 6.50. The number of amides is 1. The van der Waals surface area contributed by atoms with Crippen molar-refractivity contribution in [1.29, 1.82) is 0 Å². The van der Waals surface area contributed by atoms with Gasteiger partial charge in [-0.2, -0.15) is 0 Å². The molecule has 3 heterocycles. The number of hydrogen-bond acceptors (Lipinski definition) is 4. The highest BCUT2D eigenvalue weighted by molar-refractivity contribution is 6.31. The number of oxazole rings is 1. The summed E-state index contributed by atoms with van der Waals surface area (Å²) in [5.41, 5.74) is 1.28. The Morgan fingerprint density at radius 2 is 1.93 bits per heavy atom. The zero-order chi connectivity index (χ0) is 19.8. The summed E-state index contributed by atoms with van der Waals surface area (Å²) in [5.74, 6) is -0.151. The molecule has 1 aromatic carbocycles. The van der Waals surface area contributed by atoms with E-state index in [-0.39, 0.29) is 17.7 Å². The normalized spacial score (nSPS) is 26.7. The Bertz CT molecular complexity index is 911. The molecule has 2 fully saturated rings. The topological polar surface area (TPSA) is 58.7 Å². The van der Waals surface area contributed by atoms with E-state index in [1.807, 2.05) is 0 Å². The molecule has 2 aromatic rings. The maximum Gasteiger partial charge on any atom is 0.420 e. The van der Waals surface area contributed by atoms with E-state index in [2.05, 4.69) is 23.6 Å². The summed E-state index contributed by atoms with van der Waals surface area (Å²) in [6.45, 7) is 6.25. The van der Waals surface area contributed by atoms with Crippen LogP contribution in [0.5, 0.6) is 0 Å². The van der Waals surface area contributed by atoms with Crippen molar-refractivity contribution in [2.45, 2.75) is 64.1 Å². The average Bonchev–Trinajstić information content (AvgIpc) is 2.96. The van der Waals surface area contributed by atoms with Crippen LogP contribution in [0.3, 0.4) is 0 Å². The van der Waals surface area contributed by atoms with E-state index in [0.717, 1.165) is 37.7 Å². The Morgan fingerprint density at radius 3 is 2.68 bits per heavy atom. The first-order valence-electron chi connectivity index (χ1n) is 10.3. The van der Waals surface area contributed by atoms with Crippen molar-refractivity contribution < 1.29 is 9.21 Å². The molecule has 1 amide bonds. The van der Waals surface area contributed by atoms with E-state index >= 15 is 0 Å². The molecule has 152 valence electrons. The number of hydrogen-bond donors (Lipinski definition) is 0. The standard InChI is InChI=1S/C21H28ClN3O3/c1-14-5-3-6-15(2)24(14)20(26)13-23-10-4-7-17(12-23)25-18-11-16(22)8-9-19(18)28-21(25)27/h8-9,11,14-15,17H,3-7,10,12-13H2,1-2H3/t14-,15+,17-/m1/s1.